The molecule has 8 nitrogen and oxygen atoms in total. The Labute approximate surface area is 184 Å². The Kier molecular flexibility index (Phi) is 5.98. The minimum Gasteiger partial charge on any atom is -0.369 e. The molecule has 1 unspecified atom stereocenters. The first-order valence-electron chi connectivity index (χ1n) is 10.1. The van der Waals surface area contributed by atoms with Crippen LogP contribution in [0.2, 0.25) is 0 Å². The number of nitrogens with one attached hydrogen (secondary N) is 2. The van der Waals surface area contributed by atoms with Crippen LogP contribution in [-0.2, 0) is 0 Å². The molecular weight excluding hydrogens is 409 g/mol. The van der Waals surface area contributed by atoms with E-state index in [0.717, 1.165) is 5.56 Å². The molecule has 4 rings (SSSR count). The Morgan fingerprint density at radius 2 is 1.88 bits per heavy atom. The molecule has 0 aliphatic rings. The van der Waals surface area contributed by atoms with Gasteiger partial charge in [-0.05, 0) is 30.7 Å². The van der Waals surface area contributed by atoms with E-state index in [-0.39, 0.29) is 11.8 Å². The summed E-state index contributed by atoms with van der Waals surface area (Å²) in [6.07, 6.45) is 6.46. The highest BCUT2D eigenvalue weighted by Gasteiger charge is 2.17. The van der Waals surface area contributed by atoms with Gasteiger partial charge in [-0.25, -0.2) is 24.3 Å². The number of carbonyl (C=O) groups is 1. The maximum atomic E-state index is 14.4. The van der Waals surface area contributed by atoms with Crippen LogP contribution in [0, 0.1) is 12.7 Å². The molecule has 1 aromatic carbocycles. The summed E-state index contributed by atoms with van der Waals surface area (Å²) in [4.78, 5) is 33.6. The van der Waals surface area contributed by atoms with E-state index in [0.29, 0.717) is 45.9 Å². The summed E-state index contributed by atoms with van der Waals surface area (Å²) in [5.74, 6) is 0.504. The smallest absolute Gasteiger partial charge is 0.251 e. The lowest BCUT2D eigenvalue weighted by Gasteiger charge is -2.17. The molecule has 0 aliphatic heterocycles. The molecule has 2 N–H and O–H groups in total. The highest BCUT2D eigenvalue weighted by molar-refractivity contribution is 6.06. The molecule has 0 bridgehead atoms. The van der Waals surface area contributed by atoms with Crippen molar-refractivity contribution >= 4 is 22.6 Å². The molecule has 0 spiro atoms. The van der Waals surface area contributed by atoms with Crippen molar-refractivity contribution in [3.8, 4) is 11.3 Å². The fraction of sp³-hybridized carbons (Fsp3) is 0.217. The second-order valence-corrected chi connectivity index (χ2v) is 7.42. The average Bonchev–Trinajstić information content (AvgIpc) is 2.81. The molecule has 162 valence electrons. The van der Waals surface area contributed by atoms with Gasteiger partial charge < -0.3 is 10.6 Å². The molecule has 32 heavy (non-hydrogen) atoms. The molecule has 1 atom stereocenters. The van der Waals surface area contributed by atoms with Gasteiger partial charge in [0.25, 0.3) is 5.91 Å². The van der Waals surface area contributed by atoms with Gasteiger partial charge in [0.05, 0.1) is 16.8 Å². The van der Waals surface area contributed by atoms with E-state index in [1.165, 1.54) is 18.5 Å². The maximum absolute atomic E-state index is 14.4. The summed E-state index contributed by atoms with van der Waals surface area (Å²) in [6.45, 7) is 4.26. The van der Waals surface area contributed by atoms with E-state index in [2.05, 4.69) is 35.6 Å². The van der Waals surface area contributed by atoms with Crippen molar-refractivity contribution in [3.05, 3.63) is 72.0 Å². The normalized spacial score (nSPS) is 11.9. The van der Waals surface area contributed by atoms with Gasteiger partial charge in [-0.3, -0.25) is 9.78 Å². The lowest BCUT2D eigenvalue weighted by molar-refractivity contribution is 0.0964. The van der Waals surface area contributed by atoms with Crippen molar-refractivity contribution < 1.29 is 9.18 Å². The summed E-state index contributed by atoms with van der Waals surface area (Å²) in [7, 11) is 1.54. The van der Waals surface area contributed by atoms with E-state index in [1.54, 1.807) is 31.7 Å². The number of nitrogens with zero attached hydrogens (tertiary/aromatic N) is 5. The van der Waals surface area contributed by atoms with Crippen LogP contribution in [0.15, 0.2) is 49.2 Å². The second-order valence-electron chi connectivity index (χ2n) is 7.42. The Balaban J connectivity index is 1.59. The van der Waals surface area contributed by atoms with Crippen LogP contribution >= 0.6 is 0 Å². The number of aryl methyl sites for hydroxylation is 1. The van der Waals surface area contributed by atoms with E-state index < -0.39 is 5.82 Å². The van der Waals surface area contributed by atoms with Gasteiger partial charge in [0, 0.05) is 55.1 Å². The molecule has 0 fully saturated rings. The third-order valence-corrected chi connectivity index (χ3v) is 5.17. The summed E-state index contributed by atoms with van der Waals surface area (Å²) >= 11 is 0. The third-order valence-electron chi connectivity index (χ3n) is 5.17. The zero-order valence-corrected chi connectivity index (χ0v) is 17.9. The van der Waals surface area contributed by atoms with Crippen LogP contribution < -0.4 is 10.6 Å². The quantitative estimate of drug-likeness (QED) is 0.481. The lowest BCUT2D eigenvalue weighted by atomic mass is 9.95. The summed E-state index contributed by atoms with van der Waals surface area (Å²) in [5.41, 5.74) is 3.18. The molecule has 4 aromatic rings. The van der Waals surface area contributed by atoms with Crippen LogP contribution in [0.5, 0.6) is 0 Å². The highest BCUT2D eigenvalue weighted by Crippen LogP contribution is 2.28. The largest absolute Gasteiger partial charge is 0.369 e. The standard InChI is InChI=1S/C23H22FN7O/c1-13(9-29-21-8-20(30-12-31-21)15-10-27-14(2)28-11-15)18-6-16(24)7-19-17(23(32)25-3)4-5-26-22(18)19/h4-8,10-13H,9H2,1-3H3,(H,25,32)(H,29,30,31). The van der Waals surface area contributed by atoms with Crippen LogP contribution in [-0.4, -0.2) is 44.4 Å². The van der Waals surface area contributed by atoms with E-state index in [4.69, 9.17) is 0 Å². The number of anilines is 1. The van der Waals surface area contributed by atoms with Crippen LogP contribution in [0.25, 0.3) is 22.2 Å². The number of aromatic nitrogens is 5. The van der Waals surface area contributed by atoms with Crippen molar-refractivity contribution in [1.29, 1.82) is 0 Å². The molecule has 0 radical (unpaired) electrons. The number of fused-ring (bicyclic) bond motifs is 1. The Morgan fingerprint density at radius 3 is 2.62 bits per heavy atom. The summed E-state index contributed by atoms with van der Waals surface area (Å²) in [6, 6.07) is 6.21. The van der Waals surface area contributed by atoms with Gasteiger partial charge in [0.15, 0.2) is 0 Å². The number of hydrogen-bond acceptors (Lipinski definition) is 7. The molecule has 3 heterocycles. The first-order chi connectivity index (χ1) is 15.5. The lowest BCUT2D eigenvalue weighted by Crippen LogP contribution is -2.18. The topological polar surface area (TPSA) is 106 Å². The number of benzene rings is 1. The second kappa shape index (κ2) is 9.01. The number of hydrogen-bond donors (Lipinski definition) is 2. The number of carbonyl (C=O) groups excluding carboxylic acids is 1. The van der Waals surface area contributed by atoms with Gasteiger partial charge in [0.1, 0.15) is 23.8 Å². The molecule has 3 aromatic heterocycles. The minimum absolute atomic E-state index is 0.109. The number of halogens is 1. The Morgan fingerprint density at radius 1 is 1.09 bits per heavy atom. The van der Waals surface area contributed by atoms with Crippen molar-refractivity contribution in [1.82, 2.24) is 30.2 Å². The average molecular weight is 431 g/mol. The van der Waals surface area contributed by atoms with Crippen molar-refractivity contribution in [2.75, 3.05) is 18.9 Å². The first kappa shape index (κ1) is 21.2. The molecule has 0 saturated carbocycles. The van der Waals surface area contributed by atoms with Gasteiger partial charge >= 0.3 is 0 Å². The van der Waals surface area contributed by atoms with Crippen LogP contribution in [0.3, 0.4) is 0 Å². The Hall–Kier alpha value is -4.01. The predicted octanol–water partition coefficient (Wildman–Crippen LogP) is 3.50. The van der Waals surface area contributed by atoms with E-state index in [1.807, 2.05) is 19.9 Å². The fourth-order valence-corrected chi connectivity index (χ4v) is 3.46. The van der Waals surface area contributed by atoms with Crippen molar-refractivity contribution in [2.45, 2.75) is 19.8 Å². The van der Waals surface area contributed by atoms with Gasteiger partial charge in [0.2, 0.25) is 0 Å². The first-order valence-corrected chi connectivity index (χ1v) is 10.1. The monoisotopic (exact) mass is 431 g/mol. The zero-order chi connectivity index (χ0) is 22.7. The van der Waals surface area contributed by atoms with E-state index in [9.17, 15) is 9.18 Å². The summed E-state index contributed by atoms with van der Waals surface area (Å²) < 4.78 is 14.4. The number of rotatable bonds is 6. The van der Waals surface area contributed by atoms with Gasteiger partial charge in [-0.15, -0.1) is 0 Å². The van der Waals surface area contributed by atoms with Gasteiger partial charge in [-0.1, -0.05) is 6.92 Å². The maximum Gasteiger partial charge on any atom is 0.251 e. The van der Waals surface area contributed by atoms with E-state index >= 15 is 0 Å². The van der Waals surface area contributed by atoms with Crippen LogP contribution in [0.1, 0.15) is 34.6 Å². The van der Waals surface area contributed by atoms with Crippen LogP contribution in [0.4, 0.5) is 10.2 Å². The minimum atomic E-state index is -0.416. The van der Waals surface area contributed by atoms with Crippen molar-refractivity contribution in [2.24, 2.45) is 0 Å². The molecular formula is C23H22FN7O. The highest BCUT2D eigenvalue weighted by atomic mass is 19.1. The fourth-order valence-electron chi connectivity index (χ4n) is 3.46. The number of amides is 1. The van der Waals surface area contributed by atoms with Crippen molar-refractivity contribution in [3.63, 3.8) is 0 Å². The number of pyridine rings is 1. The van der Waals surface area contributed by atoms with Gasteiger partial charge in [-0.2, -0.15) is 0 Å². The predicted molar refractivity (Wildman–Crippen MR) is 120 cm³/mol. The molecule has 0 aliphatic carbocycles. The summed E-state index contributed by atoms with van der Waals surface area (Å²) in [5, 5.41) is 6.34. The molecule has 0 saturated heterocycles. The Bertz CT molecular complexity index is 1280. The zero-order valence-electron chi connectivity index (χ0n) is 17.9. The SMILES string of the molecule is CNC(=O)c1ccnc2c(C(C)CNc3cc(-c4cnc(C)nc4)ncn3)cc(F)cc12. The molecule has 9 heteroatoms. The third kappa shape index (κ3) is 4.36. The molecule has 1 amide bonds.